The Hall–Kier alpha value is -1.48. The predicted molar refractivity (Wildman–Crippen MR) is 57.3 cm³/mol. The normalized spacial score (nSPS) is 10.7. The zero-order valence-corrected chi connectivity index (χ0v) is 8.38. The van der Waals surface area contributed by atoms with E-state index >= 15 is 0 Å². The molecule has 0 bridgehead atoms. The van der Waals surface area contributed by atoms with Crippen LogP contribution in [0.25, 0.3) is 6.08 Å². The number of carbonyl (C=O) groups is 1. The van der Waals surface area contributed by atoms with Crippen molar-refractivity contribution in [1.82, 2.24) is 0 Å². The summed E-state index contributed by atoms with van der Waals surface area (Å²) in [6, 6.07) is 3.41. The summed E-state index contributed by atoms with van der Waals surface area (Å²) in [7, 11) is 0. The number of benzene rings is 1. The zero-order valence-electron chi connectivity index (χ0n) is 7.62. The van der Waals surface area contributed by atoms with Crippen LogP contribution >= 0.6 is 11.6 Å². The van der Waals surface area contributed by atoms with Gasteiger partial charge in [-0.3, -0.25) is 0 Å². The number of hydrogen-bond acceptors (Lipinski definition) is 2. The SMILES string of the molecule is Cc1cc(C=CC(=O)O)cc(Cl)c1N. The Morgan fingerprint density at radius 1 is 1.57 bits per heavy atom. The van der Waals surface area contributed by atoms with Gasteiger partial charge >= 0.3 is 5.97 Å². The molecule has 1 aromatic rings. The third kappa shape index (κ3) is 2.50. The number of carboxylic acids is 1. The van der Waals surface area contributed by atoms with E-state index in [0.717, 1.165) is 17.2 Å². The maximum Gasteiger partial charge on any atom is 0.328 e. The van der Waals surface area contributed by atoms with E-state index in [2.05, 4.69) is 0 Å². The van der Waals surface area contributed by atoms with Gasteiger partial charge < -0.3 is 10.8 Å². The molecule has 3 N–H and O–H groups in total. The minimum absolute atomic E-state index is 0.440. The van der Waals surface area contributed by atoms with Crippen LogP contribution in [0.2, 0.25) is 5.02 Å². The molecule has 3 nitrogen and oxygen atoms in total. The van der Waals surface area contributed by atoms with Crippen molar-refractivity contribution in [3.05, 3.63) is 34.4 Å². The average molecular weight is 212 g/mol. The van der Waals surface area contributed by atoms with Crippen molar-refractivity contribution < 1.29 is 9.90 Å². The Balaban J connectivity index is 3.07. The molecule has 0 aliphatic carbocycles. The van der Waals surface area contributed by atoms with Gasteiger partial charge in [-0.05, 0) is 36.3 Å². The van der Waals surface area contributed by atoms with Crippen molar-refractivity contribution in [3.8, 4) is 0 Å². The highest BCUT2D eigenvalue weighted by atomic mass is 35.5. The molecule has 0 aliphatic heterocycles. The van der Waals surface area contributed by atoms with Gasteiger partial charge in [-0.25, -0.2) is 4.79 Å². The molecule has 0 fully saturated rings. The smallest absolute Gasteiger partial charge is 0.328 e. The van der Waals surface area contributed by atoms with Crippen LogP contribution < -0.4 is 5.73 Å². The lowest BCUT2D eigenvalue weighted by Crippen LogP contribution is -1.92. The number of anilines is 1. The van der Waals surface area contributed by atoms with E-state index < -0.39 is 5.97 Å². The minimum Gasteiger partial charge on any atom is -0.478 e. The number of carboxylic acid groups (broad SMARTS) is 1. The fraction of sp³-hybridized carbons (Fsp3) is 0.100. The van der Waals surface area contributed by atoms with Gasteiger partial charge in [0.15, 0.2) is 0 Å². The van der Waals surface area contributed by atoms with E-state index in [0.29, 0.717) is 10.7 Å². The molecule has 0 saturated carbocycles. The van der Waals surface area contributed by atoms with E-state index in [1.807, 2.05) is 6.92 Å². The van der Waals surface area contributed by atoms with Crippen LogP contribution in [0.1, 0.15) is 11.1 Å². The zero-order chi connectivity index (χ0) is 10.7. The molecule has 0 radical (unpaired) electrons. The van der Waals surface area contributed by atoms with E-state index in [4.69, 9.17) is 22.4 Å². The summed E-state index contributed by atoms with van der Waals surface area (Å²) >= 11 is 5.83. The molecule has 0 heterocycles. The highest BCUT2D eigenvalue weighted by Gasteiger charge is 2.01. The van der Waals surface area contributed by atoms with Crippen molar-refractivity contribution >= 4 is 29.3 Å². The van der Waals surface area contributed by atoms with Crippen LogP contribution in [-0.2, 0) is 4.79 Å². The third-order valence-electron chi connectivity index (χ3n) is 1.78. The molecule has 0 amide bonds. The van der Waals surface area contributed by atoms with Crippen LogP contribution in [0.3, 0.4) is 0 Å². The number of rotatable bonds is 2. The monoisotopic (exact) mass is 211 g/mol. The Morgan fingerprint density at radius 3 is 2.71 bits per heavy atom. The predicted octanol–water partition coefficient (Wildman–Crippen LogP) is 2.33. The lowest BCUT2D eigenvalue weighted by Gasteiger charge is -2.03. The van der Waals surface area contributed by atoms with E-state index in [1.54, 1.807) is 12.1 Å². The Morgan fingerprint density at radius 2 is 2.21 bits per heavy atom. The number of aliphatic carboxylic acids is 1. The first-order valence-corrected chi connectivity index (χ1v) is 4.35. The summed E-state index contributed by atoms with van der Waals surface area (Å²) in [5, 5.41) is 8.86. The first kappa shape index (κ1) is 10.6. The van der Waals surface area contributed by atoms with Crippen LogP contribution in [0.5, 0.6) is 0 Å². The lowest BCUT2D eigenvalue weighted by molar-refractivity contribution is -0.131. The van der Waals surface area contributed by atoms with Crippen molar-refractivity contribution in [1.29, 1.82) is 0 Å². The molecule has 4 heteroatoms. The quantitative estimate of drug-likeness (QED) is 0.583. The third-order valence-corrected chi connectivity index (χ3v) is 2.09. The summed E-state index contributed by atoms with van der Waals surface area (Å²) in [6.07, 6.45) is 2.53. The van der Waals surface area contributed by atoms with Gasteiger partial charge in [0.2, 0.25) is 0 Å². The maximum atomic E-state index is 10.3. The second kappa shape index (κ2) is 4.15. The molecule has 1 rings (SSSR count). The molecular formula is C10H10ClNO2. The lowest BCUT2D eigenvalue weighted by atomic mass is 10.1. The topological polar surface area (TPSA) is 63.3 Å². The van der Waals surface area contributed by atoms with E-state index in [1.165, 1.54) is 6.08 Å². The molecule has 0 unspecified atom stereocenters. The first-order valence-electron chi connectivity index (χ1n) is 3.97. The van der Waals surface area contributed by atoms with Crippen LogP contribution in [-0.4, -0.2) is 11.1 Å². The van der Waals surface area contributed by atoms with Gasteiger partial charge in [0, 0.05) is 6.08 Å². The number of nitrogens with two attached hydrogens (primary N) is 1. The molecule has 0 aromatic heterocycles. The Labute approximate surface area is 86.8 Å². The molecule has 0 atom stereocenters. The average Bonchev–Trinajstić information content (AvgIpc) is 2.10. The molecule has 0 saturated heterocycles. The summed E-state index contributed by atoms with van der Waals surface area (Å²) in [5.41, 5.74) is 7.72. The molecule has 14 heavy (non-hydrogen) atoms. The number of halogens is 1. The molecule has 0 spiro atoms. The molecular weight excluding hydrogens is 202 g/mol. The minimum atomic E-state index is -0.990. The molecule has 74 valence electrons. The van der Waals surface area contributed by atoms with Gasteiger partial charge in [0.25, 0.3) is 0 Å². The number of aryl methyl sites for hydroxylation is 1. The van der Waals surface area contributed by atoms with Crippen molar-refractivity contribution in [2.45, 2.75) is 6.92 Å². The van der Waals surface area contributed by atoms with Gasteiger partial charge in [-0.15, -0.1) is 0 Å². The number of nitrogen functional groups attached to an aromatic ring is 1. The molecule has 0 aliphatic rings. The Bertz CT molecular complexity index is 376. The van der Waals surface area contributed by atoms with Gasteiger partial charge in [-0.2, -0.15) is 0 Å². The van der Waals surface area contributed by atoms with Crippen LogP contribution in [0.15, 0.2) is 18.2 Å². The van der Waals surface area contributed by atoms with Gasteiger partial charge in [-0.1, -0.05) is 11.6 Å². The van der Waals surface area contributed by atoms with Crippen molar-refractivity contribution in [3.63, 3.8) is 0 Å². The van der Waals surface area contributed by atoms with Crippen LogP contribution in [0.4, 0.5) is 5.69 Å². The largest absolute Gasteiger partial charge is 0.478 e. The van der Waals surface area contributed by atoms with Gasteiger partial charge in [0.1, 0.15) is 0 Å². The van der Waals surface area contributed by atoms with Gasteiger partial charge in [0.05, 0.1) is 10.7 Å². The second-order valence-electron chi connectivity index (χ2n) is 2.90. The van der Waals surface area contributed by atoms with Crippen LogP contribution in [0, 0.1) is 6.92 Å². The van der Waals surface area contributed by atoms with Crippen molar-refractivity contribution in [2.24, 2.45) is 0 Å². The number of hydrogen-bond donors (Lipinski definition) is 2. The van der Waals surface area contributed by atoms with Crippen molar-refractivity contribution in [2.75, 3.05) is 5.73 Å². The fourth-order valence-electron chi connectivity index (χ4n) is 1.05. The second-order valence-corrected chi connectivity index (χ2v) is 3.31. The van der Waals surface area contributed by atoms with E-state index in [9.17, 15) is 4.79 Å². The fourth-order valence-corrected chi connectivity index (χ4v) is 1.32. The summed E-state index contributed by atoms with van der Waals surface area (Å²) < 4.78 is 0. The summed E-state index contributed by atoms with van der Waals surface area (Å²) in [6.45, 7) is 1.82. The standard InChI is InChI=1S/C10H10ClNO2/c1-6-4-7(2-3-9(13)14)5-8(11)10(6)12/h2-5H,12H2,1H3,(H,13,14). The summed E-state index contributed by atoms with van der Waals surface area (Å²) in [5.74, 6) is -0.990. The Kier molecular flexibility index (Phi) is 3.14. The molecule has 1 aromatic carbocycles. The van der Waals surface area contributed by atoms with E-state index in [-0.39, 0.29) is 0 Å². The highest BCUT2D eigenvalue weighted by molar-refractivity contribution is 6.33. The first-order chi connectivity index (χ1) is 6.50. The summed E-state index contributed by atoms with van der Waals surface area (Å²) in [4.78, 5) is 10.3. The maximum absolute atomic E-state index is 10.3. The highest BCUT2D eigenvalue weighted by Crippen LogP contribution is 2.24.